The molecule has 1 fully saturated rings. The summed E-state index contributed by atoms with van der Waals surface area (Å²) in [6.07, 6.45) is 2.41. The van der Waals surface area contributed by atoms with Gasteiger partial charge in [0, 0.05) is 43.0 Å². The van der Waals surface area contributed by atoms with E-state index < -0.39 is 11.6 Å². The van der Waals surface area contributed by atoms with E-state index in [0.717, 1.165) is 6.42 Å². The molecule has 4 rings (SSSR count). The number of nitrogens with zero attached hydrogens (tertiary/aromatic N) is 4. The van der Waals surface area contributed by atoms with Gasteiger partial charge in [-0.25, -0.2) is 18.6 Å². The number of imidazole rings is 1. The number of hydrogen-bond donors (Lipinski definition) is 0. The van der Waals surface area contributed by atoms with Crippen LogP contribution in [0.4, 0.5) is 8.78 Å². The molecule has 27 heavy (non-hydrogen) atoms. The second-order valence-electron chi connectivity index (χ2n) is 6.76. The maximum absolute atomic E-state index is 14.5. The minimum absolute atomic E-state index is 0.0778. The molecule has 140 valence electrons. The number of rotatable bonds is 3. The smallest absolute Gasteiger partial charge is 0.330 e. The highest BCUT2D eigenvalue weighted by molar-refractivity contribution is 5.82. The molecular formula is C19H18F2N4O2. The average Bonchev–Trinajstić information content (AvgIpc) is 2.83. The summed E-state index contributed by atoms with van der Waals surface area (Å²) in [6, 6.07) is 4.16. The molecule has 1 aliphatic heterocycles. The zero-order valence-electron chi connectivity index (χ0n) is 15.0. The third kappa shape index (κ3) is 2.72. The van der Waals surface area contributed by atoms with Crippen molar-refractivity contribution in [1.29, 1.82) is 0 Å². The molecule has 1 saturated heterocycles. The van der Waals surface area contributed by atoms with Gasteiger partial charge < -0.3 is 4.90 Å². The highest BCUT2D eigenvalue weighted by atomic mass is 19.1. The maximum atomic E-state index is 14.5. The number of amides is 1. The van der Waals surface area contributed by atoms with Crippen molar-refractivity contribution in [3.8, 4) is 11.1 Å². The van der Waals surface area contributed by atoms with E-state index in [1.807, 2.05) is 0 Å². The second kappa shape index (κ2) is 6.29. The van der Waals surface area contributed by atoms with Crippen molar-refractivity contribution in [2.75, 3.05) is 13.1 Å². The SMILES string of the molecule is Cc1c(F)ccc(-c2cnc3c(c2)n(CC(=O)N2CCC2)c(=O)n3C)c1F. The monoisotopic (exact) mass is 372 g/mol. The van der Waals surface area contributed by atoms with Crippen LogP contribution in [0, 0.1) is 18.6 Å². The van der Waals surface area contributed by atoms with Crippen LogP contribution in [0.3, 0.4) is 0 Å². The van der Waals surface area contributed by atoms with Crippen LogP contribution < -0.4 is 5.69 Å². The minimum atomic E-state index is -0.669. The van der Waals surface area contributed by atoms with Gasteiger partial charge in [0.05, 0.1) is 5.52 Å². The summed E-state index contributed by atoms with van der Waals surface area (Å²) >= 11 is 0. The molecular weight excluding hydrogens is 354 g/mol. The Balaban J connectivity index is 1.84. The molecule has 0 spiro atoms. The van der Waals surface area contributed by atoms with Crippen molar-refractivity contribution in [1.82, 2.24) is 19.0 Å². The largest absolute Gasteiger partial charge is 0.341 e. The summed E-state index contributed by atoms with van der Waals surface area (Å²) in [4.78, 5) is 30.8. The number of carbonyl (C=O) groups is 1. The van der Waals surface area contributed by atoms with E-state index in [0.29, 0.717) is 29.8 Å². The van der Waals surface area contributed by atoms with Gasteiger partial charge in [0.25, 0.3) is 0 Å². The molecule has 2 aromatic heterocycles. The van der Waals surface area contributed by atoms with Crippen LogP contribution in [0.2, 0.25) is 0 Å². The molecule has 0 radical (unpaired) electrons. The third-order valence-corrected chi connectivity index (χ3v) is 5.11. The van der Waals surface area contributed by atoms with Crippen molar-refractivity contribution >= 4 is 17.1 Å². The third-order valence-electron chi connectivity index (χ3n) is 5.11. The Hall–Kier alpha value is -3.03. The molecule has 3 aromatic rings. The van der Waals surface area contributed by atoms with Crippen LogP contribution in [0.1, 0.15) is 12.0 Å². The molecule has 3 heterocycles. The van der Waals surface area contributed by atoms with Gasteiger partial charge in [-0.3, -0.25) is 13.9 Å². The second-order valence-corrected chi connectivity index (χ2v) is 6.76. The number of hydrogen-bond acceptors (Lipinski definition) is 3. The Labute approximate surface area is 153 Å². The first-order valence-corrected chi connectivity index (χ1v) is 8.66. The number of likely N-dealkylation sites (tertiary alicyclic amines) is 1. The van der Waals surface area contributed by atoms with E-state index in [1.54, 1.807) is 18.0 Å². The Morgan fingerprint density at radius 3 is 2.67 bits per heavy atom. The number of carbonyl (C=O) groups excluding carboxylic acids is 1. The molecule has 0 unspecified atom stereocenters. The van der Waals surface area contributed by atoms with Gasteiger partial charge in [0.1, 0.15) is 18.2 Å². The fourth-order valence-electron chi connectivity index (χ4n) is 3.26. The first-order valence-electron chi connectivity index (χ1n) is 8.66. The van der Waals surface area contributed by atoms with Crippen LogP contribution in [0.25, 0.3) is 22.3 Å². The molecule has 8 heteroatoms. The van der Waals surface area contributed by atoms with Crippen molar-refractivity contribution in [2.24, 2.45) is 7.05 Å². The molecule has 1 amide bonds. The first-order chi connectivity index (χ1) is 12.9. The summed E-state index contributed by atoms with van der Waals surface area (Å²) in [6.45, 7) is 2.67. The fraction of sp³-hybridized carbons (Fsp3) is 0.316. The summed E-state index contributed by atoms with van der Waals surface area (Å²) in [7, 11) is 1.57. The average molecular weight is 372 g/mol. The molecule has 1 aromatic carbocycles. The predicted molar refractivity (Wildman–Crippen MR) is 96.3 cm³/mol. The first kappa shape index (κ1) is 17.4. The molecule has 0 aliphatic carbocycles. The van der Waals surface area contributed by atoms with Gasteiger partial charge in [-0.2, -0.15) is 0 Å². The zero-order valence-corrected chi connectivity index (χ0v) is 15.0. The minimum Gasteiger partial charge on any atom is -0.341 e. The van der Waals surface area contributed by atoms with Crippen LogP contribution in [-0.4, -0.2) is 38.0 Å². The summed E-state index contributed by atoms with van der Waals surface area (Å²) in [5, 5.41) is 0. The van der Waals surface area contributed by atoms with Crippen LogP contribution in [0.15, 0.2) is 29.2 Å². The van der Waals surface area contributed by atoms with Gasteiger partial charge in [0.15, 0.2) is 5.65 Å². The molecule has 0 bridgehead atoms. The van der Waals surface area contributed by atoms with Crippen molar-refractivity contribution < 1.29 is 13.6 Å². The fourth-order valence-corrected chi connectivity index (χ4v) is 3.26. The lowest BCUT2D eigenvalue weighted by Gasteiger charge is -2.30. The van der Waals surface area contributed by atoms with Gasteiger partial charge in [-0.15, -0.1) is 0 Å². The highest BCUT2D eigenvalue weighted by Gasteiger charge is 2.23. The molecule has 6 nitrogen and oxygen atoms in total. The van der Waals surface area contributed by atoms with E-state index in [2.05, 4.69) is 4.98 Å². The van der Waals surface area contributed by atoms with Crippen molar-refractivity contribution in [2.45, 2.75) is 19.9 Å². The lowest BCUT2D eigenvalue weighted by Crippen LogP contribution is -2.44. The van der Waals surface area contributed by atoms with Crippen LogP contribution in [0.5, 0.6) is 0 Å². The highest BCUT2D eigenvalue weighted by Crippen LogP contribution is 2.28. The van der Waals surface area contributed by atoms with Crippen molar-refractivity contribution in [3.05, 3.63) is 52.1 Å². The van der Waals surface area contributed by atoms with Gasteiger partial charge in [-0.05, 0) is 31.5 Å². The van der Waals surface area contributed by atoms with E-state index >= 15 is 0 Å². The lowest BCUT2D eigenvalue weighted by atomic mass is 10.0. The zero-order chi connectivity index (χ0) is 19.3. The quantitative estimate of drug-likeness (QED) is 0.708. The standard InChI is InChI=1S/C19H18F2N4O2/c1-11-14(20)5-4-13(17(11)21)12-8-15-18(22-9-12)23(2)19(27)25(15)10-16(26)24-6-3-7-24/h4-5,8-9H,3,6-7,10H2,1-2H3. The number of pyridine rings is 1. The predicted octanol–water partition coefficient (Wildman–Crippen LogP) is 2.22. The van der Waals surface area contributed by atoms with Crippen LogP contribution in [-0.2, 0) is 18.4 Å². The Bertz CT molecular complexity index is 1130. The lowest BCUT2D eigenvalue weighted by molar-refractivity contribution is -0.135. The number of fused-ring (bicyclic) bond motifs is 1. The summed E-state index contributed by atoms with van der Waals surface area (Å²) in [5.41, 5.74) is 1.01. The van der Waals surface area contributed by atoms with Gasteiger partial charge >= 0.3 is 5.69 Å². The topological polar surface area (TPSA) is 60.1 Å². The Morgan fingerprint density at radius 1 is 1.26 bits per heavy atom. The Morgan fingerprint density at radius 2 is 2.00 bits per heavy atom. The van der Waals surface area contributed by atoms with E-state index in [4.69, 9.17) is 0 Å². The number of aromatic nitrogens is 3. The van der Waals surface area contributed by atoms with Crippen molar-refractivity contribution in [3.63, 3.8) is 0 Å². The van der Waals surface area contributed by atoms with E-state index in [9.17, 15) is 18.4 Å². The molecule has 0 atom stereocenters. The normalized spacial score (nSPS) is 13.9. The van der Waals surface area contributed by atoms with Crippen LogP contribution >= 0.6 is 0 Å². The van der Waals surface area contributed by atoms with Gasteiger partial charge in [0.2, 0.25) is 5.91 Å². The summed E-state index contributed by atoms with van der Waals surface area (Å²) < 4.78 is 30.8. The molecule has 1 aliphatic rings. The number of aryl methyl sites for hydroxylation is 1. The molecule has 0 saturated carbocycles. The number of halogens is 2. The van der Waals surface area contributed by atoms with E-state index in [-0.39, 0.29) is 29.3 Å². The summed E-state index contributed by atoms with van der Waals surface area (Å²) in [5.74, 6) is -1.43. The number of benzene rings is 1. The Kier molecular flexibility index (Phi) is 4.05. The maximum Gasteiger partial charge on any atom is 0.330 e. The molecule has 0 N–H and O–H groups in total. The van der Waals surface area contributed by atoms with Gasteiger partial charge in [-0.1, -0.05) is 0 Å². The van der Waals surface area contributed by atoms with E-state index in [1.165, 1.54) is 34.4 Å².